The van der Waals surface area contributed by atoms with E-state index in [9.17, 15) is 4.79 Å². The Morgan fingerprint density at radius 1 is 1.00 bits per heavy atom. The maximum absolute atomic E-state index is 12.1. The van der Waals surface area contributed by atoms with Crippen LogP contribution < -0.4 is 0 Å². The van der Waals surface area contributed by atoms with Crippen LogP contribution in [0, 0.1) is 5.92 Å². The lowest BCUT2D eigenvalue weighted by Gasteiger charge is -2.47. The number of hydrogen-bond donors (Lipinski definition) is 0. The largest absolute Gasteiger partial charge is 0.413 e. The lowest BCUT2D eigenvalue weighted by Crippen LogP contribution is -2.55. The molecule has 0 aliphatic carbocycles. The molecule has 1 aliphatic heterocycles. The fraction of sp³-hybridized carbons (Fsp3) is 0.870. The summed E-state index contributed by atoms with van der Waals surface area (Å²) in [5.41, 5.74) is 0. The van der Waals surface area contributed by atoms with Crippen LogP contribution in [0.4, 0.5) is 0 Å². The maximum Gasteiger partial charge on any atom is 0.193 e. The minimum Gasteiger partial charge on any atom is -0.413 e. The highest BCUT2D eigenvalue weighted by molar-refractivity contribution is 6.74. The number of ether oxygens (including phenoxy) is 1. The maximum atomic E-state index is 12.1. The summed E-state index contributed by atoms with van der Waals surface area (Å²) >= 11 is 0. The molecule has 0 saturated carbocycles. The van der Waals surface area contributed by atoms with Crippen molar-refractivity contribution in [1.82, 2.24) is 0 Å². The third-order valence-corrected chi connectivity index (χ3v) is 16.3. The first-order chi connectivity index (χ1) is 13.0. The molecule has 1 saturated heterocycles. The first-order valence-electron chi connectivity index (χ1n) is 11.1. The molecule has 5 atom stereocenters. The first kappa shape index (κ1) is 26.8. The van der Waals surface area contributed by atoms with E-state index < -0.39 is 22.7 Å². The highest BCUT2D eigenvalue weighted by Crippen LogP contribution is 2.42. The number of allylic oxidation sites excluding steroid dienone is 1. The molecule has 1 fully saturated rings. The van der Waals surface area contributed by atoms with Crippen molar-refractivity contribution in [3.05, 3.63) is 12.2 Å². The summed E-state index contributed by atoms with van der Waals surface area (Å²) in [6.07, 6.45) is 4.90. The molecule has 0 aromatic heterocycles. The number of rotatable bonds is 7. The number of aldehydes is 1. The highest BCUT2D eigenvalue weighted by Gasteiger charge is 2.47. The summed E-state index contributed by atoms with van der Waals surface area (Å²) in [4.78, 5) is 12.1. The number of carbonyl (C=O) groups is 1. The summed E-state index contributed by atoms with van der Waals surface area (Å²) in [6.45, 7) is 26.5. The predicted octanol–water partition coefficient (Wildman–Crippen LogP) is 6.34. The molecule has 0 aromatic carbocycles. The van der Waals surface area contributed by atoms with Gasteiger partial charge in [-0.05, 0) is 43.2 Å². The molecule has 0 spiro atoms. The van der Waals surface area contributed by atoms with Gasteiger partial charge in [0.25, 0.3) is 0 Å². The molecule has 6 heteroatoms. The Balaban J connectivity index is 3.15. The second-order valence-electron chi connectivity index (χ2n) is 11.7. The van der Waals surface area contributed by atoms with E-state index >= 15 is 0 Å². The van der Waals surface area contributed by atoms with Crippen LogP contribution in [0.5, 0.6) is 0 Å². The average Bonchev–Trinajstić information content (AvgIpc) is 2.54. The van der Waals surface area contributed by atoms with Crippen LogP contribution >= 0.6 is 0 Å². The van der Waals surface area contributed by atoms with E-state index in [-0.39, 0.29) is 34.3 Å². The summed E-state index contributed by atoms with van der Waals surface area (Å²) in [5.74, 6) is 0.233. The quantitative estimate of drug-likeness (QED) is 0.262. The van der Waals surface area contributed by atoms with Gasteiger partial charge < -0.3 is 18.4 Å². The fourth-order valence-electron chi connectivity index (χ4n) is 3.08. The third kappa shape index (κ3) is 6.60. The Morgan fingerprint density at radius 2 is 1.52 bits per heavy atom. The minimum absolute atomic E-state index is 0.0377. The normalized spacial score (nSPS) is 28.6. The average molecular weight is 443 g/mol. The van der Waals surface area contributed by atoms with Crippen molar-refractivity contribution < 1.29 is 18.4 Å². The topological polar surface area (TPSA) is 44.8 Å². The summed E-state index contributed by atoms with van der Waals surface area (Å²) < 4.78 is 19.7. The van der Waals surface area contributed by atoms with Crippen molar-refractivity contribution in [1.29, 1.82) is 0 Å². The van der Waals surface area contributed by atoms with Crippen molar-refractivity contribution in [2.24, 2.45) is 5.92 Å². The standard InChI is InChI=1S/C23H46O4Si2/c1-13-14-18-17(2)19(26-28(9,10)22(3,4)5)15-20(25-18)21(16-24)27-29(11,12)23(6,7)8/h13-14,16-21H,15H2,1-12H3/b14-13+/t17-,18+,19-,20+,21-/m0/s1. The van der Waals surface area contributed by atoms with Crippen LogP contribution in [-0.2, 0) is 18.4 Å². The van der Waals surface area contributed by atoms with Gasteiger partial charge >= 0.3 is 0 Å². The third-order valence-electron chi connectivity index (χ3n) is 7.27. The Hall–Kier alpha value is -0.276. The van der Waals surface area contributed by atoms with Crippen LogP contribution in [0.15, 0.2) is 12.2 Å². The van der Waals surface area contributed by atoms with Gasteiger partial charge in [-0.3, -0.25) is 0 Å². The molecule has 1 aliphatic rings. The van der Waals surface area contributed by atoms with Crippen molar-refractivity contribution in [2.75, 3.05) is 0 Å². The molecule has 170 valence electrons. The van der Waals surface area contributed by atoms with Crippen LogP contribution in [0.1, 0.15) is 61.8 Å². The van der Waals surface area contributed by atoms with Crippen LogP contribution in [-0.4, -0.2) is 47.3 Å². The van der Waals surface area contributed by atoms with Crippen molar-refractivity contribution in [2.45, 2.75) is 122 Å². The lowest BCUT2D eigenvalue weighted by atomic mass is 9.88. The molecule has 0 N–H and O–H groups in total. The molecular weight excluding hydrogens is 396 g/mol. The van der Waals surface area contributed by atoms with Gasteiger partial charge in [0.2, 0.25) is 0 Å². The first-order valence-corrected chi connectivity index (χ1v) is 16.9. The second-order valence-corrected chi connectivity index (χ2v) is 21.2. The molecule has 0 bridgehead atoms. The van der Waals surface area contributed by atoms with E-state index in [1.165, 1.54) is 0 Å². The van der Waals surface area contributed by atoms with E-state index in [2.05, 4.69) is 80.7 Å². The van der Waals surface area contributed by atoms with Gasteiger partial charge in [0, 0.05) is 12.3 Å². The van der Waals surface area contributed by atoms with Crippen molar-refractivity contribution in [3.63, 3.8) is 0 Å². The van der Waals surface area contributed by atoms with Crippen LogP contribution in [0.3, 0.4) is 0 Å². The van der Waals surface area contributed by atoms with Gasteiger partial charge in [-0.15, -0.1) is 0 Å². The van der Waals surface area contributed by atoms with Gasteiger partial charge in [-0.25, -0.2) is 0 Å². The molecule has 4 nitrogen and oxygen atoms in total. The molecule has 0 aromatic rings. The Morgan fingerprint density at radius 3 is 1.93 bits per heavy atom. The molecule has 29 heavy (non-hydrogen) atoms. The number of hydrogen-bond acceptors (Lipinski definition) is 4. The van der Waals surface area contributed by atoms with E-state index in [1.807, 2.05) is 13.0 Å². The van der Waals surface area contributed by atoms with Crippen molar-refractivity contribution in [3.8, 4) is 0 Å². The number of carbonyl (C=O) groups excluding carboxylic acids is 1. The van der Waals surface area contributed by atoms with Crippen LogP contribution in [0.2, 0.25) is 36.3 Å². The zero-order chi connectivity index (χ0) is 22.8. The van der Waals surface area contributed by atoms with Gasteiger partial charge in [-0.2, -0.15) is 0 Å². The fourth-order valence-corrected chi connectivity index (χ4v) is 5.74. The van der Waals surface area contributed by atoms with Gasteiger partial charge in [0.05, 0.1) is 18.3 Å². The smallest absolute Gasteiger partial charge is 0.193 e. The lowest BCUT2D eigenvalue weighted by molar-refractivity contribution is -0.149. The second kappa shape index (κ2) is 9.47. The van der Waals surface area contributed by atoms with Gasteiger partial charge in [0.1, 0.15) is 12.4 Å². The zero-order valence-electron chi connectivity index (χ0n) is 21.0. The Kier molecular flexibility index (Phi) is 8.74. The highest BCUT2D eigenvalue weighted by atomic mass is 28.4. The van der Waals surface area contributed by atoms with E-state index in [0.29, 0.717) is 6.42 Å². The molecule has 0 radical (unpaired) electrons. The summed E-state index contributed by atoms with van der Waals surface area (Å²) in [7, 11) is -4.03. The van der Waals surface area contributed by atoms with E-state index in [4.69, 9.17) is 13.6 Å². The molecule has 1 rings (SSSR count). The Bertz CT molecular complexity index is 572. The van der Waals surface area contributed by atoms with Crippen LogP contribution in [0.25, 0.3) is 0 Å². The van der Waals surface area contributed by atoms with E-state index in [0.717, 1.165) is 6.29 Å². The summed E-state index contributed by atoms with van der Waals surface area (Å²) in [6, 6.07) is 0. The molecule has 0 unspecified atom stereocenters. The van der Waals surface area contributed by atoms with Gasteiger partial charge in [0.15, 0.2) is 16.6 Å². The molecule has 1 heterocycles. The monoisotopic (exact) mass is 442 g/mol. The molecule has 0 amide bonds. The van der Waals surface area contributed by atoms with Gasteiger partial charge in [-0.1, -0.05) is 60.6 Å². The zero-order valence-corrected chi connectivity index (χ0v) is 23.0. The predicted molar refractivity (Wildman–Crippen MR) is 127 cm³/mol. The van der Waals surface area contributed by atoms with E-state index in [1.54, 1.807) is 0 Å². The minimum atomic E-state index is -2.09. The van der Waals surface area contributed by atoms with Crippen molar-refractivity contribution >= 4 is 22.9 Å². The Labute approximate surface area is 182 Å². The molecular formula is C23H46O4Si2. The summed E-state index contributed by atoms with van der Waals surface area (Å²) in [5, 5.41) is 0.175. The SMILES string of the molecule is C/C=C/[C@H]1O[C@@H]([C@H](C=O)O[Si](C)(C)C(C)(C)C)C[C@H](O[Si](C)(C)C(C)(C)C)[C@H]1C.